The lowest BCUT2D eigenvalue weighted by molar-refractivity contribution is -0.128. The normalized spacial score (nSPS) is 16.8. The number of benzene rings is 2. The van der Waals surface area contributed by atoms with Crippen LogP contribution in [0.2, 0.25) is 0 Å². The van der Waals surface area contributed by atoms with Crippen LogP contribution in [0.5, 0.6) is 17.2 Å². The first kappa shape index (κ1) is 17.1. The van der Waals surface area contributed by atoms with Crippen LogP contribution < -0.4 is 19.5 Å². The molecule has 3 rings (SSSR count). The molecule has 0 fully saturated rings. The Labute approximate surface area is 147 Å². The lowest BCUT2D eigenvalue weighted by atomic mass is 10.2. The fourth-order valence-electron chi connectivity index (χ4n) is 2.67. The molecule has 0 aliphatic carbocycles. The number of rotatable bonds is 6. The van der Waals surface area contributed by atoms with Crippen molar-refractivity contribution in [3.05, 3.63) is 54.1 Å². The molecule has 1 aliphatic rings. The van der Waals surface area contributed by atoms with Crippen molar-refractivity contribution in [3.8, 4) is 17.2 Å². The number of ether oxygens (including phenoxy) is 3. The molecule has 25 heavy (non-hydrogen) atoms. The topological polar surface area (TPSA) is 56.8 Å². The molecule has 5 heteroatoms. The highest BCUT2D eigenvalue weighted by Crippen LogP contribution is 2.30. The lowest BCUT2D eigenvalue weighted by Crippen LogP contribution is -2.45. The minimum absolute atomic E-state index is 0.147. The summed E-state index contributed by atoms with van der Waals surface area (Å²) in [6, 6.07) is 15.2. The molecule has 1 aliphatic heterocycles. The fraction of sp³-hybridized carbons (Fsp3) is 0.350. The second kappa shape index (κ2) is 7.92. The molecule has 0 radical (unpaired) electrons. The van der Waals surface area contributed by atoms with E-state index in [1.165, 1.54) is 0 Å². The summed E-state index contributed by atoms with van der Waals surface area (Å²) >= 11 is 0. The van der Waals surface area contributed by atoms with E-state index in [1.54, 1.807) is 0 Å². The standard InChI is InChI=1S/C20H23NO4/c1-3-17(24-15-8-6-7-14(2)11-15)20(22)21-12-16-13-23-18-9-4-5-10-19(18)25-16/h4-11,16-17H,3,12-13H2,1-2H3,(H,21,22). The van der Waals surface area contributed by atoms with E-state index >= 15 is 0 Å². The van der Waals surface area contributed by atoms with Gasteiger partial charge in [-0.3, -0.25) is 4.79 Å². The largest absolute Gasteiger partial charge is 0.486 e. The Kier molecular flexibility index (Phi) is 5.43. The van der Waals surface area contributed by atoms with E-state index in [0.717, 1.165) is 11.3 Å². The van der Waals surface area contributed by atoms with Gasteiger partial charge in [0, 0.05) is 0 Å². The summed E-state index contributed by atoms with van der Waals surface area (Å²) < 4.78 is 17.3. The number of hydrogen-bond donors (Lipinski definition) is 1. The van der Waals surface area contributed by atoms with E-state index in [1.807, 2.05) is 62.4 Å². The Bertz CT molecular complexity index is 731. The van der Waals surface area contributed by atoms with Crippen molar-refractivity contribution in [2.24, 2.45) is 0 Å². The minimum atomic E-state index is -0.529. The van der Waals surface area contributed by atoms with Crippen molar-refractivity contribution in [2.75, 3.05) is 13.2 Å². The zero-order chi connectivity index (χ0) is 17.6. The van der Waals surface area contributed by atoms with Crippen LogP contribution in [-0.2, 0) is 4.79 Å². The summed E-state index contributed by atoms with van der Waals surface area (Å²) in [5, 5.41) is 2.90. The van der Waals surface area contributed by atoms with E-state index < -0.39 is 6.10 Å². The second-order valence-electron chi connectivity index (χ2n) is 6.07. The molecule has 0 spiro atoms. The van der Waals surface area contributed by atoms with Crippen molar-refractivity contribution >= 4 is 5.91 Å². The quantitative estimate of drug-likeness (QED) is 0.877. The highest BCUT2D eigenvalue weighted by Gasteiger charge is 2.24. The van der Waals surface area contributed by atoms with Crippen LogP contribution in [0.1, 0.15) is 18.9 Å². The van der Waals surface area contributed by atoms with Gasteiger partial charge in [-0.15, -0.1) is 0 Å². The van der Waals surface area contributed by atoms with Gasteiger partial charge in [-0.25, -0.2) is 0 Å². The van der Waals surface area contributed by atoms with Crippen LogP contribution in [0.25, 0.3) is 0 Å². The number of carbonyl (C=O) groups excluding carboxylic acids is 1. The number of carbonyl (C=O) groups is 1. The van der Waals surface area contributed by atoms with Gasteiger partial charge in [0.25, 0.3) is 5.91 Å². The van der Waals surface area contributed by atoms with Gasteiger partial charge in [-0.05, 0) is 43.2 Å². The molecule has 2 unspecified atom stereocenters. The van der Waals surface area contributed by atoms with E-state index in [-0.39, 0.29) is 12.0 Å². The van der Waals surface area contributed by atoms with Gasteiger partial charge in [-0.1, -0.05) is 31.2 Å². The maximum atomic E-state index is 12.4. The smallest absolute Gasteiger partial charge is 0.261 e. The zero-order valence-corrected chi connectivity index (χ0v) is 14.5. The number of aryl methyl sites for hydroxylation is 1. The Morgan fingerprint density at radius 3 is 2.80 bits per heavy atom. The summed E-state index contributed by atoms with van der Waals surface area (Å²) in [6.07, 6.45) is -0.154. The van der Waals surface area contributed by atoms with Gasteiger partial charge >= 0.3 is 0 Å². The molecule has 0 saturated heterocycles. The maximum Gasteiger partial charge on any atom is 0.261 e. The SMILES string of the molecule is CCC(Oc1cccc(C)c1)C(=O)NCC1COc2ccccc2O1. The summed E-state index contributed by atoms with van der Waals surface area (Å²) in [5.74, 6) is 2.00. The maximum absolute atomic E-state index is 12.4. The van der Waals surface area contributed by atoms with E-state index in [4.69, 9.17) is 14.2 Å². The van der Waals surface area contributed by atoms with Crippen LogP contribution in [0.15, 0.2) is 48.5 Å². The van der Waals surface area contributed by atoms with Crippen molar-refractivity contribution in [3.63, 3.8) is 0 Å². The molecule has 2 aromatic carbocycles. The summed E-state index contributed by atoms with van der Waals surface area (Å²) in [4.78, 5) is 12.4. The first-order chi connectivity index (χ1) is 12.2. The van der Waals surface area contributed by atoms with Crippen molar-refractivity contribution in [1.82, 2.24) is 5.32 Å². The van der Waals surface area contributed by atoms with Crippen LogP contribution in [0.3, 0.4) is 0 Å². The molecule has 1 heterocycles. The summed E-state index contributed by atoms with van der Waals surface area (Å²) in [5.41, 5.74) is 1.10. The monoisotopic (exact) mass is 341 g/mol. The van der Waals surface area contributed by atoms with Crippen LogP contribution >= 0.6 is 0 Å². The van der Waals surface area contributed by atoms with Crippen LogP contribution in [-0.4, -0.2) is 31.3 Å². The molecule has 5 nitrogen and oxygen atoms in total. The molecule has 132 valence electrons. The number of nitrogens with one attached hydrogen (secondary N) is 1. The predicted molar refractivity (Wildman–Crippen MR) is 95.2 cm³/mol. The highest BCUT2D eigenvalue weighted by molar-refractivity contribution is 5.81. The molecule has 2 aromatic rings. The molecule has 0 aromatic heterocycles. The molecular formula is C20H23NO4. The van der Waals surface area contributed by atoms with Crippen molar-refractivity contribution in [1.29, 1.82) is 0 Å². The first-order valence-corrected chi connectivity index (χ1v) is 8.55. The van der Waals surface area contributed by atoms with Gasteiger partial charge in [0.1, 0.15) is 18.5 Å². The Hall–Kier alpha value is -2.69. The summed E-state index contributed by atoms with van der Waals surface area (Å²) in [6.45, 7) is 4.70. The van der Waals surface area contributed by atoms with Crippen LogP contribution in [0.4, 0.5) is 0 Å². The van der Waals surface area contributed by atoms with Crippen molar-refractivity contribution < 1.29 is 19.0 Å². The second-order valence-corrected chi connectivity index (χ2v) is 6.07. The average Bonchev–Trinajstić information content (AvgIpc) is 2.64. The highest BCUT2D eigenvalue weighted by atomic mass is 16.6. The summed E-state index contributed by atoms with van der Waals surface area (Å²) in [7, 11) is 0. The number of amides is 1. The first-order valence-electron chi connectivity index (χ1n) is 8.55. The molecule has 0 bridgehead atoms. The van der Waals surface area contributed by atoms with E-state index in [9.17, 15) is 4.79 Å². The van der Waals surface area contributed by atoms with E-state index in [2.05, 4.69) is 5.32 Å². The number of fused-ring (bicyclic) bond motifs is 1. The van der Waals surface area contributed by atoms with Gasteiger partial charge in [-0.2, -0.15) is 0 Å². The third-order valence-corrected chi connectivity index (χ3v) is 4.00. The van der Waals surface area contributed by atoms with E-state index in [0.29, 0.717) is 31.1 Å². The minimum Gasteiger partial charge on any atom is -0.486 e. The predicted octanol–water partition coefficient (Wildman–Crippen LogP) is 3.11. The molecule has 1 amide bonds. The van der Waals surface area contributed by atoms with Crippen molar-refractivity contribution in [2.45, 2.75) is 32.5 Å². The lowest BCUT2D eigenvalue weighted by Gasteiger charge is -2.27. The van der Waals surface area contributed by atoms with Gasteiger partial charge in [0.2, 0.25) is 0 Å². The zero-order valence-electron chi connectivity index (χ0n) is 14.5. The number of para-hydroxylation sites is 2. The third kappa shape index (κ3) is 4.44. The Morgan fingerprint density at radius 1 is 1.24 bits per heavy atom. The molecular weight excluding hydrogens is 318 g/mol. The van der Waals surface area contributed by atoms with Crippen LogP contribution in [0, 0.1) is 6.92 Å². The third-order valence-electron chi connectivity index (χ3n) is 4.00. The van der Waals surface area contributed by atoms with Gasteiger partial charge in [0.05, 0.1) is 6.54 Å². The van der Waals surface area contributed by atoms with Gasteiger partial charge < -0.3 is 19.5 Å². The average molecular weight is 341 g/mol. The molecule has 0 saturated carbocycles. The molecule has 1 N–H and O–H groups in total. The Morgan fingerprint density at radius 2 is 2.04 bits per heavy atom. The van der Waals surface area contributed by atoms with Gasteiger partial charge in [0.15, 0.2) is 17.6 Å². The fourth-order valence-corrected chi connectivity index (χ4v) is 2.67. The Balaban J connectivity index is 1.53. The number of hydrogen-bond acceptors (Lipinski definition) is 4. The molecule has 2 atom stereocenters.